The highest BCUT2D eigenvalue weighted by molar-refractivity contribution is 5.84. The van der Waals surface area contributed by atoms with E-state index >= 15 is 0 Å². The molecule has 0 spiro atoms. The minimum absolute atomic E-state index is 0.0339. The SMILES string of the molecule is CCCCCCCCN1C(=O)C(C(C)C)NC1CCC. The molecule has 0 aromatic carbocycles. The summed E-state index contributed by atoms with van der Waals surface area (Å²) >= 11 is 0. The fourth-order valence-electron chi connectivity index (χ4n) is 3.02. The average molecular weight is 282 g/mol. The first-order valence-corrected chi connectivity index (χ1v) is 8.68. The lowest BCUT2D eigenvalue weighted by molar-refractivity contribution is -0.130. The minimum Gasteiger partial charge on any atom is -0.326 e. The van der Waals surface area contributed by atoms with Gasteiger partial charge in [0.25, 0.3) is 0 Å². The van der Waals surface area contributed by atoms with Crippen molar-refractivity contribution in [3.8, 4) is 0 Å². The summed E-state index contributed by atoms with van der Waals surface area (Å²) in [4.78, 5) is 14.6. The third kappa shape index (κ3) is 5.08. The molecule has 2 atom stereocenters. The van der Waals surface area contributed by atoms with E-state index in [-0.39, 0.29) is 12.2 Å². The van der Waals surface area contributed by atoms with Crippen LogP contribution in [0.3, 0.4) is 0 Å². The summed E-state index contributed by atoms with van der Waals surface area (Å²) in [5.74, 6) is 0.711. The molecule has 1 aliphatic rings. The predicted molar refractivity (Wildman–Crippen MR) is 85.5 cm³/mol. The van der Waals surface area contributed by atoms with Crippen molar-refractivity contribution in [2.45, 2.75) is 91.3 Å². The molecule has 0 radical (unpaired) electrons. The van der Waals surface area contributed by atoms with Crippen LogP contribution in [0.15, 0.2) is 0 Å². The molecular weight excluding hydrogens is 248 g/mol. The number of nitrogens with zero attached hydrogens (tertiary/aromatic N) is 1. The number of hydrogen-bond acceptors (Lipinski definition) is 2. The van der Waals surface area contributed by atoms with Crippen molar-refractivity contribution >= 4 is 5.91 Å². The zero-order valence-electron chi connectivity index (χ0n) is 14.0. The second kappa shape index (κ2) is 9.38. The van der Waals surface area contributed by atoms with Crippen LogP contribution >= 0.6 is 0 Å². The Morgan fingerprint density at radius 2 is 1.70 bits per heavy atom. The number of nitrogens with one attached hydrogen (secondary N) is 1. The van der Waals surface area contributed by atoms with Crippen LogP contribution in [-0.2, 0) is 4.79 Å². The van der Waals surface area contributed by atoms with Crippen molar-refractivity contribution in [1.82, 2.24) is 10.2 Å². The molecule has 3 nitrogen and oxygen atoms in total. The fourth-order valence-corrected chi connectivity index (χ4v) is 3.02. The van der Waals surface area contributed by atoms with E-state index in [9.17, 15) is 4.79 Å². The van der Waals surface area contributed by atoms with Gasteiger partial charge in [0.15, 0.2) is 0 Å². The normalized spacial score (nSPS) is 23.1. The quantitative estimate of drug-likeness (QED) is 0.616. The molecule has 0 aromatic heterocycles. The third-order valence-corrected chi connectivity index (χ3v) is 4.28. The molecular formula is C17H34N2O. The van der Waals surface area contributed by atoms with E-state index in [1.54, 1.807) is 0 Å². The lowest BCUT2D eigenvalue weighted by Gasteiger charge is -2.23. The van der Waals surface area contributed by atoms with Gasteiger partial charge in [0.05, 0.1) is 12.2 Å². The minimum atomic E-state index is 0.0339. The van der Waals surface area contributed by atoms with E-state index in [2.05, 4.69) is 37.9 Å². The summed E-state index contributed by atoms with van der Waals surface area (Å²) in [5.41, 5.74) is 0. The van der Waals surface area contributed by atoms with E-state index in [4.69, 9.17) is 0 Å². The summed E-state index contributed by atoms with van der Waals surface area (Å²) in [6.45, 7) is 9.64. The molecule has 1 rings (SSSR count). The van der Waals surface area contributed by atoms with Gasteiger partial charge in [-0.2, -0.15) is 0 Å². The lowest BCUT2D eigenvalue weighted by Crippen LogP contribution is -2.38. The molecule has 0 saturated carbocycles. The average Bonchev–Trinajstić information content (AvgIpc) is 2.72. The zero-order valence-corrected chi connectivity index (χ0v) is 14.0. The van der Waals surface area contributed by atoms with E-state index in [1.807, 2.05) is 0 Å². The molecule has 1 fully saturated rings. The molecule has 1 saturated heterocycles. The molecule has 1 N–H and O–H groups in total. The van der Waals surface area contributed by atoms with Gasteiger partial charge < -0.3 is 4.90 Å². The number of unbranched alkanes of at least 4 members (excludes halogenated alkanes) is 5. The second-order valence-electron chi connectivity index (χ2n) is 6.49. The summed E-state index contributed by atoms with van der Waals surface area (Å²) < 4.78 is 0. The number of hydrogen-bond donors (Lipinski definition) is 1. The van der Waals surface area contributed by atoms with Crippen molar-refractivity contribution < 1.29 is 4.79 Å². The molecule has 0 aromatic rings. The van der Waals surface area contributed by atoms with E-state index < -0.39 is 0 Å². The Hall–Kier alpha value is -0.570. The number of carbonyl (C=O) groups is 1. The van der Waals surface area contributed by atoms with Gasteiger partial charge in [0.1, 0.15) is 0 Å². The van der Waals surface area contributed by atoms with Crippen LogP contribution in [0.4, 0.5) is 0 Å². The highest BCUT2D eigenvalue weighted by Crippen LogP contribution is 2.20. The first-order valence-electron chi connectivity index (χ1n) is 8.68. The van der Waals surface area contributed by atoms with Crippen LogP contribution in [-0.4, -0.2) is 29.6 Å². The van der Waals surface area contributed by atoms with Crippen LogP contribution in [0.25, 0.3) is 0 Å². The molecule has 3 heteroatoms. The van der Waals surface area contributed by atoms with Gasteiger partial charge in [-0.05, 0) is 18.8 Å². The van der Waals surface area contributed by atoms with Gasteiger partial charge in [-0.1, -0.05) is 66.2 Å². The van der Waals surface area contributed by atoms with E-state index in [0.29, 0.717) is 11.8 Å². The molecule has 118 valence electrons. The Morgan fingerprint density at radius 3 is 2.30 bits per heavy atom. The van der Waals surface area contributed by atoms with Crippen molar-refractivity contribution in [2.24, 2.45) is 5.92 Å². The molecule has 1 aliphatic heterocycles. The van der Waals surface area contributed by atoms with Crippen LogP contribution < -0.4 is 5.32 Å². The van der Waals surface area contributed by atoms with Crippen molar-refractivity contribution in [3.63, 3.8) is 0 Å². The Kier molecular flexibility index (Phi) is 8.20. The maximum atomic E-state index is 12.5. The van der Waals surface area contributed by atoms with Gasteiger partial charge in [0.2, 0.25) is 5.91 Å². The Labute approximate surface area is 125 Å². The maximum Gasteiger partial charge on any atom is 0.241 e. The summed E-state index contributed by atoms with van der Waals surface area (Å²) in [6, 6.07) is 0.0339. The predicted octanol–water partition coefficient (Wildman–Crippen LogP) is 3.93. The summed E-state index contributed by atoms with van der Waals surface area (Å²) in [5, 5.41) is 3.53. The first-order chi connectivity index (χ1) is 9.61. The standard InChI is InChI=1S/C17H34N2O/c1-5-7-8-9-10-11-13-19-15(12-6-2)18-16(14(3)4)17(19)20/h14-16,18H,5-13H2,1-4H3. The number of rotatable bonds is 10. The Bertz CT molecular complexity index is 278. The van der Waals surface area contributed by atoms with E-state index in [1.165, 1.54) is 32.1 Å². The van der Waals surface area contributed by atoms with Crippen molar-refractivity contribution in [2.75, 3.05) is 6.54 Å². The van der Waals surface area contributed by atoms with Gasteiger partial charge in [-0.3, -0.25) is 10.1 Å². The van der Waals surface area contributed by atoms with Crippen molar-refractivity contribution in [3.05, 3.63) is 0 Å². The number of amides is 1. The summed E-state index contributed by atoms with van der Waals surface area (Å²) in [6.07, 6.45) is 10.2. The Morgan fingerprint density at radius 1 is 1.05 bits per heavy atom. The maximum absolute atomic E-state index is 12.5. The fraction of sp³-hybridized carbons (Fsp3) is 0.941. The monoisotopic (exact) mass is 282 g/mol. The van der Waals surface area contributed by atoms with Gasteiger partial charge in [-0.15, -0.1) is 0 Å². The van der Waals surface area contributed by atoms with Gasteiger partial charge in [0, 0.05) is 6.54 Å². The number of carbonyl (C=O) groups excluding carboxylic acids is 1. The molecule has 0 aliphatic carbocycles. The highest BCUT2D eigenvalue weighted by Gasteiger charge is 2.39. The zero-order chi connectivity index (χ0) is 15.0. The first kappa shape index (κ1) is 17.5. The van der Waals surface area contributed by atoms with Gasteiger partial charge >= 0.3 is 0 Å². The van der Waals surface area contributed by atoms with Crippen LogP contribution in [0.1, 0.15) is 79.1 Å². The molecule has 2 unspecified atom stereocenters. The third-order valence-electron chi connectivity index (χ3n) is 4.28. The highest BCUT2D eigenvalue weighted by atomic mass is 16.2. The molecule has 1 heterocycles. The van der Waals surface area contributed by atoms with Crippen LogP contribution in [0, 0.1) is 5.92 Å². The second-order valence-corrected chi connectivity index (χ2v) is 6.49. The van der Waals surface area contributed by atoms with Crippen molar-refractivity contribution in [1.29, 1.82) is 0 Å². The summed E-state index contributed by atoms with van der Waals surface area (Å²) in [7, 11) is 0. The smallest absolute Gasteiger partial charge is 0.241 e. The Balaban J connectivity index is 2.37. The molecule has 20 heavy (non-hydrogen) atoms. The molecule has 1 amide bonds. The molecule has 0 bridgehead atoms. The van der Waals surface area contributed by atoms with Crippen LogP contribution in [0.2, 0.25) is 0 Å². The van der Waals surface area contributed by atoms with E-state index in [0.717, 1.165) is 25.8 Å². The van der Waals surface area contributed by atoms with Gasteiger partial charge in [-0.25, -0.2) is 0 Å². The topological polar surface area (TPSA) is 32.3 Å². The lowest BCUT2D eigenvalue weighted by atomic mass is 10.0. The van der Waals surface area contributed by atoms with Crippen LogP contribution in [0.5, 0.6) is 0 Å². The largest absolute Gasteiger partial charge is 0.326 e.